The lowest BCUT2D eigenvalue weighted by Crippen LogP contribution is -2.22. The third-order valence-corrected chi connectivity index (χ3v) is 6.73. The second-order valence-corrected chi connectivity index (χ2v) is 9.45. The molecule has 0 amide bonds. The fourth-order valence-electron chi connectivity index (χ4n) is 4.84. The topological polar surface area (TPSA) is 114 Å². The van der Waals surface area contributed by atoms with Gasteiger partial charge in [0.25, 0.3) is 0 Å². The molecule has 40 heavy (non-hydrogen) atoms. The van der Waals surface area contributed by atoms with Gasteiger partial charge in [0.15, 0.2) is 23.0 Å². The molecule has 5 rings (SSSR count). The van der Waals surface area contributed by atoms with E-state index in [4.69, 9.17) is 28.1 Å². The average molecular weight is 545 g/mol. The van der Waals surface area contributed by atoms with Gasteiger partial charge in [-0.3, -0.25) is 9.59 Å². The molecule has 1 N–H and O–H groups in total. The minimum atomic E-state index is -0.543. The van der Waals surface area contributed by atoms with E-state index in [1.807, 2.05) is 13.0 Å². The maximum atomic E-state index is 13.7. The van der Waals surface area contributed by atoms with E-state index in [0.717, 1.165) is 11.1 Å². The number of phenolic OH excluding ortho intramolecular Hbond substituents is 1. The number of fused-ring (bicyclic) bond motifs is 3. The summed E-state index contributed by atoms with van der Waals surface area (Å²) in [5.41, 5.74) is 2.45. The van der Waals surface area contributed by atoms with Gasteiger partial charge in [-0.1, -0.05) is 18.7 Å². The average Bonchev–Trinajstić information content (AvgIpc) is 2.94. The largest absolute Gasteiger partial charge is 0.507 e. The summed E-state index contributed by atoms with van der Waals surface area (Å²) in [7, 11) is 4.54. The van der Waals surface area contributed by atoms with E-state index in [2.05, 4.69) is 6.58 Å². The molecule has 2 heterocycles. The molecule has 3 aromatic carbocycles. The number of ether oxygens (including phenoxy) is 5. The summed E-state index contributed by atoms with van der Waals surface area (Å²) in [6.07, 6.45) is 1.32. The van der Waals surface area contributed by atoms with Crippen LogP contribution in [0.1, 0.15) is 30.4 Å². The van der Waals surface area contributed by atoms with Crippen LogP contribution in [0.15, 0.2) is 70.1 Å². The Hall–Kier alpha value is -4.92. The van der Waals surface area contributed by atoms with Gasteiger partial charge in [-0.25, -0.2) is 0 Å². The number of carbonyl (C=O) groups excluding carboxylic acids is 1. The number of benzene rings is 3. The Morgan fingerprint density at radius 3 is 2.38 bits per heavy atom. The maximum absolute atomic E-state index is 13.7. The summed E-state index contributed by atoms with van der Waals surface area (Å²) < 4.78 is 33.5. The van der Waals surface area contributed by atoms with Crippen LogP contribution in [-0.4, -0.2) is 39.0 Å². The molecule has 0 fully saturated rings. The number of rotatable bonds is 8. The van der Waals surface area contributed by atoms with Crippen LogP contribution in [0.5, 0.6) is 34.5 Å². The minimum absolute atomic E-state index is 0.0108. The summed E-state index contributed by atoms with van der Waals surface area (Å²) in [6.45, 7) is 6.03. The first-order valence-corrected chi connectivity index (χ1v) is 12.4. The zero-order chi connectivity index (χ0) is 28.6. The Balaban J connectivity index is 1.66. The second-order valence-electron chi connectivity index (χ2n) is 9.45. The predicted molar refractivity (Wildman–Crippen MR) is 148 cm³/mol. The quantitative estimate of drug-likeness (QED) is 0.172. The smallest absolute Gasteiger partial charge is 0.312 e. The van der Waals surface area contributed by atoms with Crippen LogP contribution in [0.3, 0.4) is 0 Å². The molecule has 0 aliphatic carbocycles. The van der Waals surface area contributed by atoms with Crippen molar-refractivity contribution in [2.75, 3.05) is 27.9 Å². The van der Waals surface area contributed by atoms with E-state index in [9.17, 15) is 14.7 Å². The van der Waals surface area contributed by atoms with Crippen molar-refractivity contribution in [1.29, 1.82) is 0 Å². The van der Waals surface area contributed by atoms with Crippen molar-refractivity contribution in [3.63, 3.8) is 0 Å². The molecular formula is C31H28O9. The number of hydrogen-bond acceptors (Lipinski definition) is 9. The summed E-state index contributed by atoms with van der Waals surface area (Å²) in [5.74, 6) is 0.666. The molecule has 1 aromatic heterocycles. The Labute approximate surface area is 230 Å². The first-order valence-electron chi connectivity index (χ1n) is 12.4. The van der Waals surface area contributed by atoms with Crippen LogP contribution in [0, 0.1) is 0 Å². The van der Waals surface area contributed by atoms with E-state index < -0.39 is 17.3 Å². The molecule has 9 heteroatoms. The van der Waals surface area contributed by atoms with Crippen LogP contribution in [0.25, 0.3) is 22.1 Å². The van der Waals surface area contributed by atoms with Gasteiger partial charge in [0, 0.05) is 17.5 Å². The lowest BCUT2D eigenvalue weighted by atomic mass is 9.84. The fourth-order valence-corrected chi connectivity index (χ4v) is 4.84. The van der Waals surface area contributed by atoms with Crippen molar-refractivity contribution in [1.82, 2.24) is 0 Å². The monoisotopic (exact) mass is 544 g/mol. The number of carbonyl (C=O) groups is 1. The first kappa shape index (κ1) is 26.7. The van der Waals surface area contributed by atoms with Gasteiger partial charge >= 0.3 is 5.97 Å². The van der Waals surface area contributed by atoms with Gasteiger partial charge in [0.05, 0.1) is 33.3 Å². The second kappa shape index (κ2) is 10.7. The molecule has 0 saturated heterocycles. The van der Waals surface area contributed by atoms with Crippen LogP contribution >= 0.6 is 0 Å². The highest BCUT2D eigenvalue weighted by atomic mass is 16.5. The predicted octanol–water partition coefficient (Wildman–Crippen LogP) is 5.59. The van der Waals surface area contributed by atoms with Crippen molar-refractivity contribution < 1.29 is 38.0 Å². The van der Waals surface area contributed by atoms with Crippen LogP contribution in [0.4, 0.5) is 0 Å². The summed E-state index contributed by atoms with van der Waals surface area (Å²) in [6, 6.07) is 11.7. The van der Waals surface area contributed by atoms with E-state index in [0.29, 0.717) is 40.7 Å². The zero-order valence-corrected chi connectivity index (χ0v) is 22.5. The number of hydrogen-bond donors (Lipinski definition) is 1. The molecule has 1 aliphatic heterocycles. The summed E-state index contributed by atoms with van der Waals surface area (Å²) >= 11 is 0. The highest BCUT2D eigenvalue weighted by molar-refractivity contribution is 5.94. The van der Waals surface area contributed by atoms with Crippen LogP contribution < -0.4 is 29.1 Å². The lowest BCUT2D eigenvalue weighted by molar-refractivity contribution is -0.135. The minimum Gasteiger partial charge on any atom is -0.507 e. The van der Waals surface area contributed by atoms with E-state index in [1.165, 1.54) is 33.7 Å². The van der Waals surface area contributed by atoms with Crippen LogP contribution in [0.2, 0.25) is 0 Å². The SMILES string of the molecule is C=C(C)COc1ccc([C@@H]2CC(=O)Oc3cc(O)c4c(=O)c(-c5ccc(OC)c(OC)c5)coc4c32)cc1OC. The van der Waals surface area contributed by atoms with Gasteiger partial charge < -0.3 is 33.2 Å². The van der Waals surface area contributed by atoms with Crippen molar-refractivity contribution >= 4 is 16.9 Å². The van der Waals surface area contributed by atoms with Crippen molar-refractivity contribution in [2.45, 2.75) is 19.3 Å². The standard InChI is InChI=1S/C31H28O9/c1-16(2)14-38-23-9-7-17(10-25(23)37-5)19-12-27(33)40-26-13-21(32)29-30(34)20(15-39-31(29)28(19)26)18-6-8-22(35-3)24(11-18)36-4/h6-11,13,15,19,32H,1,12,14H2,2-5H3/t19-/m0/s1. The van der Waals surface area contributed by atoms with Gasteiger partial charge in [0.1, 0.15) is 35.3 Å². The highest BCUT2D eigenvalue weighted by Crippen LogP contribution is 2.47. The third kappa shape index (κ3) is 4.70. The molecule has 0 unspecified atom stereocenters. The lowest BCUT2D eigenvalue weighted by Gasteiger charge is -2.26. The van der Waals surface area contributed by atoms with Crippen molar-refractivity contribution in [3.05, 3.63) is 82.2 Å². The van der Waals surface area contributed by atoms with Gasteiger partial charge in [-0.2, -0.15) is 0 Å². The Bertz CT molecular complexity index is 1700. The van der Waals surface area contributed by atoms with E-state index in [-0.39, 0.29) is 34.5 Å². The molecule has 0 radical (unpaired) electrons. The van der Waals surface area contributed by atoms with Crippen LogP contribution in [-0.2, 0) is 4.79 Å². The molecule has 0 saturated carbocycles. The number of esters is 1. The van der Waals surface area contributed by atoms with E-state index >= 15 is 0 Å². The molecule has 0 spiro atoms. The van der Waals surface area contributed by atoms with Gasteiger partial charge in [-0.05, 0) is 47.9 Å². The first-order chi connectivity index (χ1) is 19.2. The summed E-state index contributed by atoms with van der Waals surface area (Å²) in [4.78, 5) is 26.3. The molecule has 9 nitrogen and oxygen atoms in total. The number of aromatic hydroxyl groups is 1. The zero-order valence-electron chi connectivity index (χ0n) is 22.5. The Kier molecular flexibility index (Phi) is 7.13. The molecule has 206 valence electrons. The molecule has 0 bridgehead atoms. The molecule has 1 aliphatic rings. The van der Waals surface area contributed by atoms with Crippen molar-refractivity contribution in [3.8, 4) is 45.6 Å². The number of methoxy groups -OCH3 is 3. The Morgan fingerprint density at radius 2 is 1.68 bits per heavy atom. The Morgan fingerprint density at radius 1 is 0.975 bits per heavy atom. The molecule has 1 atom stereocenters. The van der Waals surface area contributed by atoms with Gasteiger partial charge in [0.2, 0.25) is 5.43 Å². The summed E-state index contributed by atoms with van der Waals surface area (Å²) in [5, 5.41) is 10.9. The molecule has 4 aromatic rings. The highest BCUT2D eigenvalue weighted by Gasteiger charge is 2.34. The normalized spacial score (nSPS) is 14.3. The fraction of sp³-hybridized carbons (Fsp3) is 0.226. The third-order valence-electron chi connectivity index (χ3n) is 6.73. The van der Waals surface area contributed by atoms with Gasteiger partial charge in [-0.15, -0.1) is 0 Å². The number of phenols is 1. The van der Waals surface area contributed by atoms with E-state index in [1.54, 1.807) is 30.3 Å². The maximum Gasteiger partial charge on any atom is 0.312 e. The molecular weight excluding hydrogens is 516 g/mol. The van der Waals surface area contributed by atoms with Crippen molar-refractivity contribution in [2.24, 2.45) is 0 Å².